The molecule has 0 radical (unpaired) electrons. The monoisotopic (exact) mass is 245 g/mol. The van der Waals surface area contributed by atoms with Crippen LogP contribution in [0.1, 0.15) is 18.4 Å². The molecule has 2 rings (SSSR count). The van der Waals surface area contributed by atoms with Crippen LogP contribution < -0.4 is 5.32 Å². The molecule has 0 saturated carbocycles. The molecule has 94 valence electrons. The van der Waals surface area contributed by atoms with Gasteiger partial charge in [0.1, 0.15) is 0 Å². The van der Waals surface area contributed by atoms with E-state index < -0.39 is 6.10 Å². The molecule has 0 bridgehead atoms. The first-order chi connectivity index (χ1) is 8.69. The van der Waals surface area contributed by atoms with Crippen LogP contribution in [0.5, 0.6) is 0 Å². The van der Waals surface area contributed by atoms with E-state index in [2.05, 4.69) is 5.32 Å². The van der Waals surface area contributed by atoms with Gasteiger partial charge in [-0.15, -0.1) is 0 Å². The Hall–Kier alpha value is -2.06. The first-order valence-electron chi connectivity index (χ1n) is 5.93. The van der Waals surface area contributed by atoms with Crippen LogP contribution in [0, 0.1) is 11.3 Å². The summed E-state index contributed by atoms with van der Waals surface area (Å²) in [5.41, 5.74) is 1.10. The van der Waals surface area contributed by atoms with E-state index in [0.717, 1.165) is 12.8 Å². The van der Waals surface area contributed by atoms with E-state index in [0.29, 0.717) is 24.3 Å². The van der Waals surface area contributed by atoms with Crippen molar-refractivity contribution in [3.05, 3.63) is 29.8 Å². The second-order valence-electron chi connectivity index (χ2n) is 4.36. The molecule has 1 aromatic rings. The summed E-state index contributed by atoms with van der Waals surface area (Å²) in [5, 5.41) is 21.0. The molecule has 1 aromatic carbocycles. The fourth-order valence-electron chi connectivity index (χ4n) is 2.01. The highest BCUT2D eigenvalue weighted by Crippen LogP contribution is 2.14. The number of amides is 2. The Balaban J connectivity index is 2.00. The van der Waals surface area contributed by atoms with E-state index in [4.69, 9.17) is 5.26 Å². The molecule has 0 aromatic heterocycles. The first-order valence-corrected chi connectivity index (χ1v) is 5.93. The van der Waals surface area contributed by atoms with Crippen molar-refractivity contribution in [2.24, 2.45) is 0 Å². The highest BCUT2D eigenvalue weighted by Gasteiger charge is 2.21. The van der Waals surface area contributed by atoms with Crippen molar-refractivity contribution in [2.75, 3.05) is 18.4 Å². The molecule has 1 aliphatic heterocycles. The lowest BCUT2D eigenvalue weighted by molar-refractivity contribution is 0.0883. The molecule has 5 heteroatoms. The SMILES string of the molecule is N#Cc1cccc(NC(=O)N2CCC[C@H](O)C2)c1. The van der Waals surface area contributed by atoms with Crippen molar-refractivity contribution < 1.29 is 9.90 Å². The van der Waals surface area contributed by atoms with E-state index in [1.807, 2.05) is 6.07 Å². The van der Waals surface area contributed by atoms with E-state index in [-0.39, 0.29) is 6.03 Å². The second kappa shape index (κ2) is 5.52. The Morgan fingerprint density at radius 2 is 2.39 bits per heavy atom. The van der Waals surface area contributed by atoms with Crippen LogP contribution in [-0.2, 0) is 0 Å². The van der Waals surface area contributed by atoms with Crippen LogP contribution in [0.15, 0.2) is 24.3 Å². The van der Waals surface area contributed by atoms with Crippen LogP contribution in [-0.4, -0.2) is 35.2 Å². The van der Waals surface area contributed by atoms with Gasteiger partial charge in [0.2, 0.25) is 0 Å². The zero-order valence-electron chi connectivity index (χ0n) is 9.97. The standard InChI is InChI=1S/C13H15N3O2/c14-8-10-3-1-4-11(7-10)15-13(18)16-6-2-5-12(17)9-16/h1,3-4,7,12,17H,2,5-6,9H2,(H,15,18)/t12-/m0/s1. The van der Waals surface area contributed by atoms with Crippen molar-refractivity contribution in [2.45, 2.75) is 18.9 Å². The number of aliphatic hydroxyl groups excluding tert-OH is 1. The number of β-amino-alcohol motifs (C(OH)–C–C–N with tert-alkyl or cyclic N) is 1. The third-order valence-corrected chi connectivity index (χ3v) is 2.93. The van der Waals surface area contributed by atoms with E-state index in [1.54, 1.807) is 29.2 Å². The van der Waals surface area contributed by atoms with Crippen molar-refractivity contribution in [3.8, 4) is 6.07 Å². The summed E-state index contributed by atoms with van der Waals surface area (Å²) in [4.78, 5) is 13.5. The zero-order valence-corrected chi connectivity index (χ0v) is 9.97. The molecule has 18 heavy (non-hydrogen) atoms. The number of hydrogen-bond acceptors (Lipinski definition) is 3. The topological polar surface area (TPSA) is 76.4 Å². The van der Waals surface area contributed by atoms with Crippen LogP contribution in [0.4, 0.5) is 10.5 Å². The number of aliphatic hydroxyl groups is 1. The lowest BCUT2D eigenvalue weighted by atomic mass is 10.1. The summed E-state index contributed by atoms with van der Waals surface area (Å²) in [5.74, 6) is 0. The summed E-state index contributed by atoms with van der Waals surface area (Å²) in [7, 11) is 0. The summed E-state index contributed by atoms with van der Waals surface area (Å²) < 4.78 is 0. The third kappa shape index (κ3) is 2.99. The molecule has 1 heterocycles. The Kier molecular flexibility index (Phi) is 3.80. The van der Waals surface area contributed by atoms with Gasteiger partial charge < -0.3 is 15.3 Å². The van der Waals surface area contributed by atoms with Gasteiger partial charge in [-0.25, -0.2) is 4.79 Å². The van der Waals surface area contributed by atoms with Gasteiger partial charge in [0.25, 0.3) is 0 Å². The van der Waals surface area contributed by atoms with Crippen LogP contribution >= 0.6 is 0 Å². The average molecular weight is 245 g/mol. The fraction of sp³-hybridized carbons (Fsp3) is 0.385. The quantitative estimate of drug-likeness (QED) is 0.788. The van der Waals surface area contributed by atoms with Gasteiger partial charge in [-0.2, -0.15) is 5.26 Å². The maximum absolute atomic E-state index is 11.9. The minimum absolute atomic E-state index is 0.233. The normalized spacial score (nSPS) is 19.1. The lowest BCUT2D eigenvalue weighted by Crippen LogP contribution is -2.44. The molecule has 1 saturated heterocycles. The Morgan fingerprint density at radius 1 is 1.56 bits per heavy atom. The van der Waals surface area contributed by atoms with Gasteiger partial charge in [0.05, 0.1) is 17.7 Å². The summed E-state index contributed by atoms with van der Waals surface area (Å²) in [6, 6.07) is 8.55. The molecule has 1 aliphatic rings. The van der Waals surface area contributed by atoms with Crippen molar-refractivity contribution in [3.63, 3.8) is 0 Å². The van der Waals surface area contributed by atoms with Gasteiger partial charge >= 0.3 is 6.03 Å². The highest BCUT2D eigenvalue weighted by molar-refractivity contribution is 5.89. The Morgan fingerprint density at radius 3 is 3.11 bits per heavy atom. The molecular formula is C13H15N3O2. The van der Waals surface area contributed by atoms with Gasteiger partial charge in [-0.3, -0.25) is 0 Å². The van der Waals surface area contributed by atoms with Gasteiger partial charge in [-0.05, 0) is 31.0 Å². The van der Waals surface area contributed by atoms with Crippen LogP contribution in [0.3, 0.4) is 0 Å². The van der Waals surface area contributed by atoms with E-state index in [9.17, 15) is 9.90 Å². The van der Waals surface area contributed by atoms with Gasteiger partial charge in [0, 0.05) is 18.8 Å². The smallest absolute Gasteiger partial charge is 0.321 e. The van der Waals surface area contributed by atoms with Crippen LogP contribution in [0.2, 0.25) is 0 Å². The summed E-state index contributed by atoms with van der Waals surface area (Å²) in [6.07, 6.45) is 1.12. The zero-order chi connectivity index (χ0) is 13.0. The minimum atomic E-state index is -0.435. The number of piperidine rings is 1. The summed E-state index contributed by atoms with van der Waals surface area (Å²) >= 11 is 0. The third-order valence-electron chi connectivity index (χ3n) is 2.93. The number of nitrogens with one attached hydrogen (secondary N) is 1. The number of likely N-dealkylation sites (tertiary alicyclic amines) is 1. The van der Waals surface area contributed by atoms with Crippen LogP contribution in [0.25, 0.3) is 0 Å². The number of urea groups is 1. The summed E-state index contributed by atoms with van der Waals surface area (Å²) in [6.45, 7) is 1.02. The Bertz CT molecular complexity index is 481. The van der Waals surface area contributed by atoms with E-state index >= 15 is 0 Å². The maximum Gasteiger partial charge on any atom is 0.321 e. The predicted octanol–water partition coefficient (Wildman–Crippen LogP) is 1.55. The molecule has 1 fully saturated rings. The minimum Gasteiger partial charge on any atom is -0.391 e. The Labute approximate surface area is 106 Å². The molecule has 2 amide bonds. The van der Waals surface area contributed by atoms with Gasteiger partial charge in [-0.1, -0.05) is 6.07 Å². The number of carbonyl (C=O) groups is 1. The molecule has 0 aliphatic carbocycles. The molecular weight excluding hydrogens is 230 g/mol. The van der Waals surface area contributed by atoms with E-state index in [1.165, 1.54) is 0 Å². The maximum atomic E-state index is 11.9. The van der Waals surface area contributed by atoms with Gasteiger partial charge in [0.15, 0.2) is 0 Å². The average Bonchev–Trinajstić information content (AvgIpc) is 2.39. The molecule has 2 N–H and O–H groups in total. The number of nitriles is 1. The molecule has 1 atom stereocenters. The second-order valence-corrected chi connectivity index (χ2v) is 4.36. The predicted molar refractivity (Wildman–Crippen MR) is 67.0 cm³/mol. The fourth-order valence-corrected chi connectivity index (χ4v) is 2.01. The number of benzene rings is 1. The van der Waals surface area contributed by atoms with Crippen molar-refractivity contribution >= 4 is 11.7 Å². The number of nitrogens with zero attached hydrogens (tertiary/aromatic N) is 2. The number of anilines is 1. The molecule has 0 spiro atoms. The molecule has 0 unspecified atom stereocenters. The first kappa shape index (κ1) is 12.4. The largest absolute Gasteiger partial charge is 0.391 e. The van der Waals surface area contributed by atoms with Crippen molar-refractivity contribution in [1.82, 2.24) is 4.90 Å². The number of carbonyl (C=O) groups excluding carboxylic acids is 1. The van der Waals surface area contributed by atoms with Crippen molar-refractivity contribution in [1.29, 1.82) is 5.26 Å². The molecule has 5 nitrogen and oxygen atoms in total. The number of rotatable bonds is 1. The highest BCUT2D eigenvalue weighted by atomic mass is 16.3. The lowest BCUT2D eigenvalue weighted by Gasteiger charge is -2.30. The number of hydrogen-bond donors (Lipinski definition) is 2.